The van der Waals surface area contributed by atoms with E-state index in [1.54, 1.807) is 13.2 Å². The Morgan fingerprint density at radius 2 is 2.32 bits per heavy atom. The first kappa shape index (κ1) is 14.1. The van der Waals surface area contributed by atoms with Crippen LogP contribution in [0.4, 0.5) is 10.5 Å². The van der Waals surface area contributed by atoms with E-state index in [2.05, 4.69) is 26.6 Å². The second kappa shape index (κ2) is 5.79. The van der Waals surface area contributed by atoms with Crippen LogP contribution in [0.5, 0.6) is 5.75 Å². The fourth-order valence-electron chi connectivity index (χ4n) is 1.92. The Bertz CT molecular complexity index is 473. The number of methoxy groups -OCH3 is 1. The predicted octanol–water partition coefficient (Wildman–Crippen LogP) is 2.76. The smallest absolute Gasteiger partial charge is 0.319 e. The zero-order valence-corrected chi connectivity index (χ0v) is 12.5. The Morgan fingerprint density at radius 1 is 1.53 bits per heavy atom. The highest BCUT2D eigenvalue weighted by molar-refractivity contribution is 9.10. The second-order valence-electron chi connectivity index (χ2n) is 4.79. The van der Waals surface area contributed by atoms with Gasteiger partial charge in [-0.25, -0.2) is 4.79 Å². The third kappa shape index (κ3) is 3.61. The number of ether oxygens (including phenoxy) is 2. The molecule has 2 amide bonds. The highest BCUT2D eigenvalue weighted by Gasteiger charge is 2.31. The van der Waals surface area contributed by atoms with Gasteiger partial charge in [0.1, 0.15) is 5.75 Å². The standard InChI is InChI=1S/C13H17BrN2O3/c1-13(5-6-19-8-13)16-12(17)15-11-7-9(18-2)3-4-10(11)14/h3-4,7H,5-6,8H2,1-2H3,(H2,15,16,17)/t13-/m0/s1. The van der Waals surface area contributed by atoms with Crippen LogP contribution in [0.25, 0.3) is 0 Å². The summed E-state index contributed by atoms with van der Waals surface area (Å²) in [5, 5.41) is 5.74. The lowest BCUT2D eigenvalue weighted by atomic mass is 10.0. The number of anilines is 1. The Hall–Kier alpha value is -1.27. The van der Waals surface area contributed by atoms with Gasteiger partial charge in [-0.3, -0.25) is 0 Å². The Labute approximate surface area is 120 Å². The van der Waals surface area contributed by atoms with Crippen LogP contribution in [0.1, 0.15) is 13.3 Å². The molecule has 1 aromatic rings. The van der Waals surface area contributed by atoms with E-state index in [-0.39, 0.29) is 11.6 Å². The third-order valence-electron chi connectivity index (χ3n) is 3.06. The molecule has 1 heterocycles. The average molecular weight is 329 g/mol. The van der Waals surface area contributed by atoms with Crippen LogP contribution in [0.3, 0.4) is 0 Å². The van der Waals surface area contributed by atoms with Crippen molar-refractivity contribution in [2.45, 2.75) is 18.9 Å². The van der Waals surface area contributed by atoms with Gasteiger partial charge < -0.3 is 20.1 Å². The molecule has 1 aromatic carbocycles. The molecule has 2 rings (SSSR count). The largest absolute Gasteiger partial charge is 0.497 e. The van der Waals surface area contributed by atoms with E-state index < -0.39 is 0 Å². The summed E-state index contributed by atoms with van der Waals surface area (Å²) in [7, 11) is 1.59. The zero-order valence-electron chi connectivity index (χ0n) is 11.0. The molecule has 0 unspecified atom stereocenters. The SMILES string of the molecule is COc1ccc(Br)c(NC(=O)N[C@@]2(C)CCOC2)c1. The molecule has 5 nitrogen and oxygen atoms in total. The van der Waals surface area contributed by atoms with E-state index in [0.717, 1.165) is 10.9 Å². The molecule has 0 aliphatic carbocycles. The van der Waals surface area contributed by atoms with Crippen molar-refractivity contribution in [1.82, 2.24) is 5.32 Å². The maximum absolute atomic E-state index is 12.0. The van der Waals surface area contributed by atoms with Crippen LogP contribution in [-0.2, 0) is 4.74 Å². The second-order valence-corrected chi connectivity index (χ2v) is 5.64. The molecule has 0 saturated carbocycles. The minimum absolute atomic E-state index is 0.248. The summed E-state index contributed by atoms with van der Waals surface area (Å²) in [5.74, 6) is 0.689. The first-order valence-corrected chi connectivity index (χ1v) is 6.82. The van der Waals surface area contributed by atoms with Crippen molar-refractivity contribution in [2.75, 3.05) is 25.6 Å². The van der Waals surface area contributed by atoms with Gasteiger partial charge in [0.2, 0.25) is 0 Å². The highest BCUT2D eigenvalue weighted by atomic mass is 79.9. The van der Waals surface area contributed by atoms with Crippen molar-refractivity contribution in [1.29, 1.82) is 0 Å². The molecular formula is C13H17BrN2O3. The van der Waals surface area contributed by atoms with Crippen LogP contribution >= 0.6 is 15.9 Å². The van der Waals surface area contributed by atoms with Crippen molar-refractivity contribution >= 4 is 27.6 Å². The van der Waals surface area contributed by atoms with Crippen molar-refractivity contribution in [3.05, 3.63) is 22.7 Å². The van der Waals surface area contributed by atoms with E-state index in [1.807, 2.05) is 19.1 Å². The Morgan fingerprint density at radius 3 is 2.95 bits per heavy atom. The summed E-state index contributed by atoms with van der Waals surface area (Å²) in [4.78, 5) is 12.0. The monoisotopic (exact) mass is 328 g/mol. The predicted molar refractivity (Wildman–Crippen MR) is 76.7 cm³/mol. The molecule has 0 aromatic heterocycles. The van der Waals surface area contributed by atoms with Gasteiger partial charge in [-0.05, 0) is 41.4 Å². The van der Waals surface area contributed by atoms with E-state index in [4.69, 9.17) is 9.47 Å². The zero-order chi connectivity index (χ0) is 13.9. The van der Waals surface area contributed by atoms with Crippen LogP contribution in [0.2, 0.25) is 0 Å². The molecule has 0 spiro atoms. The molecule has 0 radical (unpaired) electrons. The maximum Gasteiger partial charge on any atom is 0.319 e. The fourth-order valence-corrected chi connectivity index (χ4v) is 2.27. The molecule has 1 saturated heterocycles. The summed E-state index contributed by atoms with van der Waals surface area (Å²) < 4.78 is 11.2. The summed E-state index contributed by atoms with van der Waals surface area (Å²) in [6.45, 7) is 3.19. The molecule has 1 aliphatic rings. The highest BCUT2D eigenvalue weighted by Crippen LogP contribution is 2.27. The minimum Gasteiger partial charge on any atom is -0.497 e. The van der Waals surface area contributed by atoms with Crippen LogP contribution in [0.15, 0.2) is 22.7 Å². The van der Waals surface area contributed by atoms with Gasteiger partial charge in [0.25, 0.3) is 0 Å². The van der Waals surface area contributed by atoms with Gasteiger partial charge >= 0.3 is 6.03 Å². The molecule has 104 valence electrons. The van der Waals surface area contributed by atoms with E-state index in [9.17, 15) is 4.79 Å². The van der Waals surface area contributed by atoms with Crippen LogP contribution in [0, 0.1) is 0 Å². The molecule has 1 aliphatic heterocycles. The lowest BCUT2D eigenvalue weighted by molar-refractivity contribution is 0.172. The fraction of sp³-hybridized carbons (Fsp3) is 0.462. The first-order valence-electron chi connectivity index (χ1n) is 6.03. The summed E-state index contributed by atoms with van der Waals surface area (Å²) in [5.41, 5.74) is 0.370. The molecular weight excluding hydrogens is 312 g/mol. The number of urea groups is 1. The van der Waals surface area contributed by atoms with Crippen LogP contribution in [-0.4, -0.2) is 31.9 Å². The van der Waals surface area contributed by atoms with Gasteiger partial charge in [-0.15, -0.1) is 0 Å². The van der Waals surface area contributed by atoms with Crippen LogP contribution < -0.4 is 15.4 Å². The number of carbonyl (C=O) groups is 1. The normalized spacial score (nSPS) is 22.1. The molecule has 6 heteroatoms. The van der Waals surface area contributed by atoms with Crippen molar-refractivity contribution in [2.24, 2.45) is 0 Å². The number of halogens is 1. The molecule has 1 fully saturated rings. The summed E-state index contributed by atoms with van der Waals surface area (Å²) in [6.07, 6.45) is 0.819. The molecule has 2 N–H and O–H groups in total. The van der Waals surface area contributed by atoms with Gasteiger partial charge in [-0.1, -0.05) is 0 Å². The number of hydrogen-bond acceptors (Lipinski definition) is 3. The van der Waals surface area contributed by atoms with Crippen molar-refractivity contribution in [3.8, 4) is 5.75 Å². The van der Waals surface area contributed by atoms with E-state index in [0.29, 0.717) is 24.7 Å². The summed E-state index contributed by atoms with van der Waals surface area (Å²) in [6, 6.07) is 5.16. The lowest BCUT2D eigenvalue weighted by Gasteiger charge is -2.23. The quantitative estimate of drug-likeness (QED) is 0.896. The number of rotatable bonds is 3. The lowest BCUT2D eigenvalue weighted by Crippen LogP contribution is -2.48. The third-order valence-corrected chi connectivity index (χ3v) is 3.75. The molecule has 0 bridgehead atoms. The van der Waals surface area contributed by atoms with E-state index in [1.165, 1.54) is 0 Å². The minimum atomic E-state index is -0.296. The Balaban J connectivity index is 2.02. The maximum atomic E-state index is 12.0. The molecule has 1 atom stereocenters. The molecule has 19 heavy (non-hydrogen) atoms. The average Bonchev–Trinajstić information content (AvgIpc) is 2.78. The van der Waals surface area contributed by atoms with Crippen molar-refractivity contribution < 1.29 is 14.3 Å². The van der Waals surface area contributed by atoms with Gasteiger partial charge in [0.05, 0.1) is 24.9 Å². The van der Waals surface area contributed by atoms with Gasteiger partial charge in [0.15, 0.2) is 0 Å². The summed E-state index contributed by atoms with van der Waals surface area (Å²) >= 11 is 3.39. The van der Waals surface area contributed by atoms with E-state index >= 15 is 0 Å². The number of amides is 2. The number of nitrogens with one attached hydrogen (secondary N) is 2. The Kier molecular flexibility index (Phi) is 4.31. The van der Waals surface area contributed by atoms with Gasteiger partial charge in [-0.2, -0.15) is 0 Å². The topological polar surface area (TPSA) is 59.6 Å². The first-order chi connectivity index (χ1) is 9.02. The van der Waals surface area contributed by atoms with Crippen molar-refractivity contribution in [3.63, 3.8) is 0 Å². The number of hydrogen-bond donors (Lipinski definition) is 2. The number of carbonyl (C=O) groups excluding carboxylic acids is 1. The number of benzene rings is 1. The van der Waals surface area contributed by atoms with Gasteiger partial charge in [0, 0.05) is 17.1 Å².